The first kappa shape index (κ1) is 18.1. The summed E-state index contributed by atoms with van der Waals surface area (Å²) in [5.41, 5.74) is 2.41. The number of anilines is 1. The fourth-order valence-corrected chi connectivity index (χ4v) is 5.73. The van der Waals surface area contributed by atoms with Gasteiger partial charge in [0.2, 0.25) is 0 Å². The number of amides is 1. The van der Waals surface area contributed by atoms with Crippen LogP contribution in [0.4, 0.5) is 5.00 Å². The van der Waals surface area contributed by atoms with E-state index in [1.807, 2.05) is 0 Å². The highest BCUT2D eigenvalue weighted by molar-refractivity contribution is 9.13. The molecule has 1 amide bonds. The maximum absolute atomic E-state index is 12.8. The number of halogens is 2. The first-order valence-corrected chi connectivity index (χ1v) is 10.5. The quantitative estimate of drug-likeness (QED) is 0.582. The van der Waals surface area contributed by atoms with Crippen LogP contribution in [0.5, 0.6) is 11.5 Å². The van der Waals surface area contributed by atoms with Crippen molar-refractivity contribution in [2.75, 3.05) is 26.0 Å². The van der Waals surface area contributed by atoms with Crippen LogP contribution in [0, 0.1) is 0 Å². The minimum atomic E-state index is -0.561. The van der Waals surface area contributed by atoms with E-state index in [0.717, 1.165) is 40.1 Å². The van der Waals surface area contributed by atoms with Gasteiger partial charge in [-0.25, -0.2) is 0 Å². The molecule has 0 aliphatic carbocycles. The number of nitrogens with zero attached hydrogens (tertiary/aromatic N) is 1. The van der Waals surface area contributed by atoms with Crippen LogP contribution in [0.3, 0.4) is 0 Å². The van der Waals surface area contributed by atoms with E-state index in [-0.39, 0.29) is 11.7 Å². The number of rotatable bonds is 2. The van der Waals surface area contributed by atoms with Crippen molar-refractivity contribution in [3.8, 4) is 11.5 Å². The Bertz CT molecular complexity index is 915. The van der Waals surface area contributed by atoms with Gasteiger partial charge >= 0.3 is 0 Å². The van der Waals surface area contributed by atoms with Gasteiger partial charge in [0.05, 0.1) is 18.2 Å². The standard InChI is InChI=1S/C17H17Br2N3O3S/c1-22-4-3-7-10(6-22)26-17-11(7)16(24)20-15(21-17)12-13(19)8(18)5-9(25-2)14(12)23/h5,15,21,23H,3-4,6H2,1-2H3,(H,20,24)/t15-/m0/s1. The fraction of sp³-hybridized carbons (Fsp3) is 0.353. The number of likely N-dealkylation sites (N-methyl/N-ethyl adjacent to an activating group) is 1. The van der Waals surface area contributed by atoms with Gasteiger partial charge in [0.25, 0.3) is 5.91 Å². The zero-order chi connectivity index (χ0) is 18.6. The number of thiophene rings is 1. The van der Waals surface area contributed by atoms with Crippen LogP contribution < -0.4 is 15.4 Å². The Balaban J connectivity index is 1.77. The molecule has 26 heavy (non-hydrogen) atoms. The number of aromatic hydroxyl groups is 1. The van der Waals surface area contributed by atoms with Crippen molar-refractivity contribution in [1.29, 1.82) is 0 Å². The summed E-state index contributed by atoms with van der Waals surface area (Å²) < 4.78 is 6.64. The highest BCUT2D eigenvalue weighted by Crippen LogP contribution is 2.46. The average molecular weight is 503 g/mol. The summed E-state index contributed by atoms with van der Waals surface area (Å²) in [5, 5.41) is 17.8. The number of benzene rings is 1. The van der Waals surface area contributed by atoms with Crippen molar-refractivity contribution in [2.45, 2.75) is 19.1 Å². The van der Waals surface area contributed by atoms with Gasteiger partial charge in [-0.1, -0.05) is 0 Å². The van der Waals surface area contributed by atoms with E-state index in [4.69, 9.17) is 4.74 Å². The van der Waals surface area contributed by atoms with Crippen molar-refractivity contribution in [2.24, 2.45) is 0 Å². The molecule has 0 fully saturated rings. The van der Waals surface area contributed by atoms with Crippen molar-refractivity contribution in [3.63, 3.8) is 0 Å². The highest BCUT2D eigenvalue weighted by atomic mass is 79.9. The van der Waals surface area contributed by atoms with Gasteiger partial charge in [0.1, 0.15) is 11.2 Å². The molecule has 4 rings (SSSR count). The molecule has 6 nitrogen and oxygen atoms in total. The Morgan fingerprint density at radius 3 is 2.88 bits per heavy atom. The molecule has 2 aliphatic heterocycles. The van der Waals surface area contributed by atoms with Gasteiger partial charge < -0.3 is 25.4 Å². The number of nitrogens with one attached hydrogen (secondary N) is 2. The van der Waals surface area contributed by atoms with Crippen molar-refractivity contribution >= 4 is 54.1 Å². The molecule has 0 saturated heterocycles. The van der Waals surface area contributed by atoms with Crippen LogP contribution in [-0.2, 0) is 13.0 Å². The Morgan fingerprint density at radius 1 is 1.38 bits per heavy atom. The molecule has 138 valence electrons. The van der Waals surface area contributed by atoms with E-state index in [9.17, 15) is 9.90 Å². The summed E-state index contributed by atoms with van der Waals surface area (Å²) in [5.74, 6) is 0.213. The molecule has 0 unspecified atom stereocenters. The number of ether oxygens (including phenoxy) is 1. The lowest BCUT2D eigenvalue weighted by molar-refractivity contribution is 0.0934. The minimum absolute atomic E-state index is 0.00937. The number of methoxy groups -OCH3 is 1. The third-order valence-corrected chi connectivity index (χ3v) is 7.89. The average Bonchev–Trinajstić information content (AvgIpc) is 2.96. The summed E-state index contributed by atoms with van der Waals surface area (Å²) in [6.07, 6.45) is 0.311. The van der Waals surface area contributed by atoms with Crippen LogP contribution in [0.25, 0.3) is 0 Å². The summed E-state index contributed by atoms with van der Waals surface area (Å²) in [6, 6.07) is 1.68. The summed E-state index contributed by atoms with van der Waals surface area (Å²) >= 11 is 8.57. The molecule has 0 saturated carbocycles. The highest BCUT2D eigenvalue weighted by Gasteiger charge is 2.35. The molecule has 9 heteroatoms. The second kappa shape index (κ2) is 6.70. The zero-order valence-electron chi connectivity index (χ0n) is 14.2. The number of hydrogen-bond donors (Lipinski definition) is 3. The number of fused-ring (bicyclic) bond motifs is 3. The zero-order valence-corrected chi connectivity index (χ0v) is 18.1. The SMILES string of the molecule is COc1cc(Br)c(Br)c([C@H]2NC(=O)c3c(sc4c3CCN(C)C4)N2)c1O. The summed E-state index contributed by atoms with van der Waals surface area (Å²) in [6.45, 7) is 1.80. The maximum atomic E-state index is 12.8. The first-order chi connectivity index (χ1) is 12.4. The normalized spacial score (nSPS) is 19.4. The molecule has 1 atom stereocenters. The summed E-state index contributed by atoms with van der Waals surface area (Å²) in [7, 11) is 3.58. The van der Waals surface area contributed by atoms with Gasteiger partial charge in [-0.05, 0) is 57.0 Å². The topological polar surface area (TPSA) is 73.8 Å². The van der Waals surface area contributed by atoms with E-state index in [0.29, 0.717) is 15.8 Å². The molecular weight excluding hydrogens is 486 g/mol. The van der Waals surface area contributed by atoms with Crippen LogP contribution in [-0.4, -0.2) is 36.6 Å². The molecule has 0 spiro atoms. The third kappa shape index (κ3) is 2.81. The number of carbonyl (C=O) groups excluding carboxylic acids is 1. The Labute approximate surface area is 171 Å². The molecule has 1 aromatic carbocycles. The second-order valence-electron chi connectivity index (χ2n) is 6.38. The Morgan fingerprint density at radius 2 is 2.15 bits per heavy atom. The van der Waals surface area contributed by atoms with E-state index in [1.165, 1.54) is 12.0 Å². The van der Waals surface area contributed by atoms with Gasteiger partial charge in [-0.2, -0.15) is 0 Å². The maximum Gasteiger partial charge on any atom is 0.256 e. The molecule has 2 aromatic rings. The third-order valence-electron chi connectivity index (χ3n) is 4.73. The van der Waals surface area contributed by atoms with E-state index >= 15 is 0 Å². The number of hydrogen-bond acceptors (Lipinski definition) is 6. The van der Waals surface area contributed by atoms with Gasteiger partial charge in [-0.15, -0.1) is 11.3 Å². The molecule has 3 heterocycles. The molecular formula is C17H17Br2N3O3S. The smallest absolute Gasteiger partial charge is 0.256 e. The lowest BCUT2D eigenvalue weighted by atomic mass is 10.0. The molecule has 1 aromatic heterocycles. The van der Waals surface area contributed by atoms with Crippen LogP contribution >= 0.6 is 43.2 Å². The Hall–Kier alpha value is -1.29. The minimum Gasteiger partial charge on any atom is -0.504 e. The molecule has 3 N–H and O–H groups in total. The number of phenolic OH excluding ortho intramolecular Hbond substituents is 1. The van der Waals surface area contributed by atoms with Crippen molar-refractivity contribution < 1.29 is 14.6 Å². The first-order valence-electron chi connectivity index (χ1n) is 8.06. The predicted molar refractivity (Wildman–Crippen MR) is 108 cm³/mol. The predicted octanol–water partition coefficient (Wildman–Crippen LogP) is 3.83. The van der Waals surface area contributed by atoms with Gasteiger partial charge in [0.15, 0.2) is 11.5 Å². The Kier molecular flexibility index (Phi) is 4.66. The lowest BCUT2D eigenvalue weighted by Gasteiger charge is -2.29. The lowest BCUT2D eigenvalue weighted by Crippen LogP contribution is -2.39. The van der Waals surface area contributed by atoms with E-state index in [2.05, 4.69) is 54.4 Å². The molecule has 0 radical (unpaired) electrons. The fourth-order valence-electron chi connectivity index (χ4n) is 3.42. The monoisotopic (exact) mass is 501 g/mol. The molecule has 0 bridgehead atoms. The van der Waals surface area contributed by atoms with Gasteiger partial charge in [0, 0.05) is 26.9 Å². The molecule has 2 aliphatic rings. The summed E-state index contributed by atoms with van der Waals surface area (Å²) in [4.78, 5) is 16.3. The number of carbonyl (C=O) groups is 1. The number of phenols is 1. The van der Waals surface area contributed by atoms with E-state index < -0.39 is 6.17 Å². The van der Waals surface area contributed by atoms with Crippen molar-refractivity contribution in [1.82, 2.24) is 10.2 Å². The van der Waals surface area contributed by atoms with Gasteiger partial charge in [-0.3, -0.25) is 4.79 Å². The van der Waals surface area contributed by atoms with Crippen LogP contribution in [0.1, 0.15) is 32.5 Å². The van der Waals surface area contributed by atoms with Crippen LogP contribution in [0.15, 0.2) is 15.0 Å². The second-order valence-corrected chi connectivity index (χ2v) is 9.14. The largest absolute Gasteiger partial charge is 0.504 e. The van der Waals surface area contributed by atoms with E-state index in [1.54, 1.807) is 17.4 Å². The van der Waals surface area contributed by atoms with Crippen molar-refractivity contribution in [3.05, 3.63) is 36.6 Å². The van der Waals surface area contributed by atoms with Crippen LogP contribution in [0.2, 0.25) is 0 Å².